The van der Waals surface area contributed by atoms with Gasteiger partial charge in [0.15, 0.2) is 0 Å². The smallest absolute Gasteiger partial charge is 0.254 e. The zero-order valence-corrected chi connectivity index (χ0v) is 14.8. The topological polar surface area (TPSA) is 29.5 Å². The van der Waals surface area contributed by atoms with E-state index in [0.29, 0.717) is 6.10 Å². The number of amides is 1. The third-order valence-electron chi connectivity index (χ3n) is 5.24. The Morgan fingerprint density at radius 2 is 1.92 bits per heavy atom. The molecular weight excluding hydrogens is 318 g/mol. The Bertz CT molecular complexity index is 715. The van der Waals surface area contributed by atoms with Crippen LogP contribution in [0.4, 0.5) is 0 Å². The maximum Gasteiger partial charge on any atom is 0.254 e. The summed E-state index contributed by atoms with van der Waals surface area (Å²) in [7, 11) is 0. The summed E-state index contributed by atoms with van der Waals surface area (Å²) in [6.07, 6.45) is 6.14. The van der Waals surface area contributed by atoms with Crippen molar-refractivity contribution >= 4 is 17.2 Å². The fourth-order valence-corrected chi connectivity index (χ4v) is 4.79. The minimum absolute atomic E-state index is 0.117. The monoisotopic (exact) mass is 341 g/mol. The van der Waals surface area contributed by atoms with Crippen LogP contribution in [0.5, 0.6) is 5.75 Å². The average Bonchev–Trinajstić information content (AvgIpc) is 3.27. The molecule has 4 heteroatoms. The van der Waals surface area contributed by atoms with Crippen LogP contribution in [0.2, 0.25) is 0 Å². The van der Waals surface area contributed by atoms with Crippen LogP contribution in [0.3, 0.4) is 0 Å². The number of carbonyl (C=O) groups is 1. The highest BCUT2D eigenvalue weighted by molar-refractivity contribution is 7.10. The zero-order valence-electron chi connectivity index (χ0n) is 14.0. The molecule has 0 unspecified atom stereocenters. The van der Waals surface area contributed by atoms with Crippen LogP contribution in [0.1, 0.15) is 59.4 Å². The summed E-state index contributed by atoms with van der Waals surface area (Å²) in [5, 5.41) is 2.13. The van der Waals surface area contributed by atoms with Crippen LogP contribution in [-0.2, 0) is 6.42 Å². The number of nitrogens with zero attached hydrogens (tertiary/aromatic N) is 1. The van der Waals surface area contributed by atoms with Crippen LogP contribution in [0, 0.1) is 0 Å². The van der Waals surface area contributed by atoms with Crippen molar-refractivity contribution in [1.82, 2.24) is 4.90 Å². The Morgan fingerprint density at radius 1 is 1.17 bits per heavy atom. The molecule has 1 fully saturated rings. The number of thiophene rings is 1. The molecule has 2 aromatic rings. The lowest BCUT2D eigenvalue weighted by atomic mass is 10.0. The van der Waals surface area contributed by atoms with Gasteiger partial charge in [-0.05, 0) is 80.3 Å². The van der Waals surface area contributed by atoms with E-state index in [1.165, 1.54) is 23.3 Å². The third-order valence-corrected chi connectivity index (χ3v) is 6.24. The summed E-state index contributed by atoms with van der Waals surface area (Å²) in [5.74, 6) is 0.997. The molecule has 0 saturated heterocycles. The summed E-state index contributed by atoms with van der Waals surface area (Å²) < 4.78 is 5.99. The van der Waals surface area contributed by atoms with E-state index in [1.54, 1.807) is 11.3 Å². The predicted molar refractivity (Wildman–Crippen MR) is 96.8 cm³/mol. The van der Waals surface area contributed by atoms with Gasteiger partial charge >= 0.3 is 0 Å². The first-order valence-electron chi connectivity index (χ1n) is 8.86. The highest BCUT2D eigenvalue weighted by atomic mass is 32.1. The summed E-state index contributed by atoms with van der Waals surface area (Å²) in [6.45, 7) is 2.92. The van der Waals surface area contributed by atoms with Gasteiger partial charge in [0.1, 0.15) is 5.75 Å². The van der Waals surface area contributed by atoms with Crippen molar-refractivity contribution in [2.24, 2.45) is 0 Å². The predicted octanol–water partition coefficient (Wildman–Crippen LogP) is 4.83. The molecule has 1 amide bonds. The Morgan fingerprint density at radius 3 is 2.67 bits per heavy atom. The third kappa shape index (κ3) is 2.95. The molecule has 1 aliphatic carbocycles. The quantitative estimate of drug-likeness (QED) is 0.800. The maximum atomic E-state index is 12.9. The van der Waals surface area contributed by atoms with E-state index in [9.17, 15) is 4.79 Å². The SMILES string of the molecule is C[C@@H]1c2ccsc2CCN1C(=O)c1ccc(OC2CCCC2)cc1. The maximum absolute atomic E-state index is 12.9. The second-order valence-corrected chi connectivity index (χ2v) is 7.77. The van der Waals surface area contributed by atoms with Crippen LogP contribution >= 0.6 is 11.3 Å². The fraction of sp³-hybridized carbons (Fsp3) is 0.450. The van der Waals surface area contributed by atoms with Gasteiger partial charge in [-0.25, -0.2) is 0 Å². The lowest BCUT2D eigenvalue weighted by Crippen LogP contribution is -2.38. The lowest BCUT2D eigenvalue weighted by Gasteiger charge is -2.33. The minimum atomic E-state index is 0.117. The van der Waals surface area contributed by atoms with Crippen molar-refractivity contribution in [3.05, 3.63) is 51.7 Å². The van der Waals surface area contributed by atoms with E-state index in [1.807, 2.05) is 29.2 Å². The molecule has 2 heterocycles. The molecule has 0 N–H and O–H groups in total. The molecule has 1 aliphatic heterocycles. The van der Waals surface area contributed by atoms with Crippen molar-refractivity contribution in [3.63, 3.8) is 0 Å². The second-order valence-electron chi connectivity index (χ2n) is 6.77. The van der Waals surface area contributed by atoms with Crippen LogP contribution in [0.25, 0.3) is 0 Å². The molecule has 1 saturated carbocycles. The van der Waals surface area contributed by atoms with Gasteiger partial charge in [-0.3, -0.25) is 4.79 Å². The van der Waals surface area contributed by atoms with Crippen molar-refractivity contribution in [3.8, 4) is 5.75 Å². The highest BCUT2D eigenvalue weighted by Gasteiger charge is 2.29. The number of fused-ring (bicyclic) bond motifs is 1. The Balaban J connectivity index is 1.46. The molecule has 3 nitrogen and oxygen atoms in total. The largest absolute Gasteiger partial charge is 0.490 e. The first-order valence-corrected chi connectivity index (χ1v) is 9.74. The van der Waals surface area contributed by atoms with Gasteiger partial charge in [-0.15, -0.1) is 11.3 Å². The van der Waals surface area contributed by atoms with Gasteiger partial charge in [0.2, 0.25) is 0 Å². The van der Waals surface area contributed by atoms with Gasteiger partial charge in [0.25, 0.3) is 5.91 Å². The van der Waals surface area contributed by atoms with Crippen LogP contribution < -0.4 is 4.74 Å². The number of carbonyl (C=O) groups excluding carboxylic acids is 1. The first-order chi connectivity index (χ1) is 11.7. The molecule has 0 radical (unpaired) electrons. The lowest BCUT2D eigenvalue weighted by molar-refractivity contribution is 0.0679. The molecule has 24 heavy (non-hydrogen) atoms. The van der Waals surface area contributed by atoms with Crippen LogP contribution in [-0.4, -0.2) is 23.5 Å². The molecule has 0 spiro atoms. The molecule has 1 aromatic heterocycles. The summed E-state index contributed by atoms with van der Waals surface area (Å²) in [6, 6.07) is 10.0. The average molecular weight is 341 g/mol. The summed E-state index contributed by atoms with van der Waals surface area (Å²) in [5.41, 5.74) is 2.06. The summed E-state index contributed by atoms with van der Waals surface area (Å²) in [4.78, 5) is 16.3. The van der Waals surface area contributed by atoms with E-state index in [0.717, 1.165) is 37.1 Å². The molecule has 4 rings (SSSR count). The van der Waals surface area contributed by atoms with Crippen molar-refractivity contribution in [1.29, 1.82) is 0 Å². The van der Waals surface area contributed by atoms with E-state index >= 15 is 0 Å². The van der Waals surface area contributed by atoms with Gasteiger partial charge in [-0.2, -0.15) is 0 Å². The van der Waals surface area contributed by atoms with Gasteiger partial charge < -0.3 is 9.64 Å². The molecule has 1 aromatic carbocycles. The fourth-order valence-electron chi connectivity index (χ4n) is 3.83. The Labute approximate surface area is 147 Å². The van der Waals surface area contributed by atoms with E-state index in [-0.39, 0.29) is 11.9 Å². The van der Waals surface area contributed by atoms with Crippen molar-refractivity contribution in [2.75, 3.05) is 6.54 Å². The molecule has 0 bridgehead atoms. The van der Waals surface area contributed by atoms with Crippen molar-refractivity contribution in [2.45, 2.75) is 51.2 Å². The number of hydrogen-bond acceptors (Lipinski definition) is 3. The molecule has 126 valence electrons. The standard InChI is InChI=1S/C20H23NO2S/c1-14-18-11-13-24-19(18)10-12-21(14)20(22)15-6-8-17(9-7-15)23-16-4-2-3-5-16/h6-9,11,13-14,16H,2-5,10,12H2,1H3/t14-/m1/s1. The minimum Gasteiger partial charge on any atom is -0.490 e. The van der Waals surface area contributed by atoms with Crippen molar-refractivity contribution < 1.29 is 9.53 Å². The number of hydrogen-bond donors (Lipinski definition) is 0. The highest BCUT2D eigenvalue weighted by Crippen LogP contribution is 2.34. The zero-order chi connectivity index (χ0) is 16.5. The normalized spacial score (nSPS) is 20.9. The molecule has 2 aliphatic rings. The van der Waals surface area contributed by atoms with E-state index in [2.05, 4.69) is 18.4 Å². The first kappa shape index (κ1) is 15.7. The molecular formula is C20H23NO2S. The number of ether oxygens (including phenoxy) is 1. The Kier molecular flexibility index (Phi) is 4.31. The van der Waals surface area contributed by atoms with Crippen LogP contribution in [0.15, 0.2) is 35.7 Å². The summed E-state index contributed by atoms with van der Waals surface area (Å²) >= 11 is 1.80. The molecule has 1 atom stereocenters. The number of rotatable bonds is 3. The van der Waals surface area contributed by atoms with Gasteiger partial charge in [0, 0.05) is 17.0 Å². The number of benzene rings is 1. The Hall–Kier alpha value is -1.81. The van der Waals surface area contributed by atoms with E-state index in [4.69, 9.17) is 4.74 Å². The van der Waals surface area contributed by atoms with Gasteiger partial charge in [0.05, 0.1) is 12.1 Å². The van der Waals surface area contributed by atoms with Gasteiger partial charge in [-0.1, -0.05) is 0 Å². The van der Waals surface area contributed by atoms with E-state index < -0.39 is 0 Å². The second kappa shape index (κ2) is 6.60.